The van der Waals surface area contributed by atoms with Crippen molar-refractivity contribution < 1.29 is 14.6 Å². The van der Waals surface area contributed by atoms with E-state index in [4.69, 9.17) is 14.5 Å². The maximum atomic E-state index is 10.3. The Morgan fingerprint density at radius 3 is 2.81 bits per heavy atom. The van der Waals surface area contributed by atoms with Crippen molar-refractivity contribution in [2.45, 2.75) is 38.3 Å². The number of aryl methyl sites for hydroxylation is 2. The van der Waals surface area contributed by atoms with Gasteiger partial charge in [-0.3, -0.25) is 9.67 Å². The molecule has 2 aliphatic rings. The van der Waals surface area contributed by atoms with E-state index in [0.29, 0.717) is 24.5 Å². The third-order valence-electron chi connectivity index (χ3n) is 6.14. The van der Waals surface area contributed by atoms with Crippen LogP contribution in [0.4, 0.5) is 0 Å². The molecule has 5 rings (SSSR count). The maximum Gasteiger partial charge on any atom is 0.161 e. The molecule has 0 fully saturated rings. The summed E-state index contributed by atoms with van der Waals surface area (Å²) in [5.41, 5.74) is 5.70. The molecule has 1 aliphatic carbocycles. The van der Waals surface area contributed by atoms with E-state index < -0.39 is 6.10 Å². The normalized spacial score (nSPS) is 22.1. The third kappa shape index (κ3) is 3.20. The van der Waals surface area contributed by atoms with Gasteiger partial charge in [0.1, 0.15) is 0 Å². The third-order valence-corrected chi connectivity index (χ3v) is 6.14. The lowest BCUT2D eigenvalue weighted by atomic mass is 9.77. The van der Waals surface area contributed by atoms with Crippen molar-refractivity contribution >= 4 is 16.7 Å². The smallest absolute Gasteiger partial charge is 0.161 e. The Hall–Kier alpha value is -3.19. The molecule has 0 amide bonds. The Bertz CT molecular complexity index is 1230. The summed E-state index contributed by atoms with van der Waals surface area (Å²) in [6.45, 7) is 4.50. The fourth-order valence-corrected chi connectivity index (χ4v) is 4.70. The van der Waals surface area contributed by atoms with Gasteiger partial charge in [-0.2, -0.15) is 5.10 Å². The molecule has 7 heteroatoms. The minimum Gasteiger partial charge on any atom is -0.493 e. The molecule has 1 aromatic carbocycles. The number of pyridine rings is 1. The van der Waals surface area contributed by atoms with Gasteiger partial charge in [0.25, 0.3) is 0 Å². The summed E-state index contributed by atoms with van der Waals surface area (Å²) in [6, 6.07) is 6.12. The molecule has 0 saturated heterocycles. The molecular formula is C24H26N4O3. The van der Waals surface area contributed by atoms with Gasteiger partial charge in [-0.25, -0.2) is 4.98 Å². The highest BCUT2D eigenvalue weighted by atomic mass is 16.5. The first kappa shape index (κ1) is 19.8. The quantitative estimate of drug-likeness (QED) is 0.658. The summed E-state index contributed by atoms with van der Waals surface area (Å²) >= 11 is 0. The van der Waals surface area contributed by atoms with Crippen LogP contribution in [0, 0.1) is 6.92 Å². The number of methoxy groups -OCH3 is 1. The SMILES string of the molecule is CCOc1cc2c(cc1OC)C(c1cnc3c(c1)c(C)nn3C)=N[C@@H]1C=C[C@H](O)C[C@H]21. The van der Waals surface area contributed by atoms with E-state index in [0.717, 1.165) is 39.1 Å². The van der Waals surface area contributed by atoms with Crippen LogP contribution in [0.3, 0.4) is 0 Å². The second kappa shape index (κ2) is 7.50. The number of aliphatic imine (C=N–C) groups is 1. The zero-order valence-corrected chi connectivity index (χ0v) is 18.2. The van der Waals surface area contributed by atoms with Crippen molar-refractivity contribution in [2.24, 2.45) is 12.0 Å². The number of aliphatic hydroxyl groups is 1. The Morgan fingerprint density at radius 2 is 2.03 bits per heavy atom. The largest absolute Gasteiger partial charge is 0.493 e. The van der Waals surface area contributed by atoms with Crippen LogP contribution in [-0.2, 0) is 7.05 Å². The lowest BCUT2D eigenvalue weighted by molar-refractivity contribution is 0.190. The van der Waals surface area contributed by atoms with E-state index in [9.17, 15) is 5.11 Å². The molecule has 0 bridgehead atoms. The van der Waals surface area contributed by atoms with Gasteiger partial charge in [-0.15, -0.1) is 0 Å². The van der Waals surface area contributed by atoms with Crippen LogP contribution in [0.2, 0.25) is 0 Å². The van der Waals surface area contributed by atoms with Gasteiger partial charge in [0.15, 0.2) is 17.1 Å². The van der Waals surface area contributed by atoms with E-state index in [-0.39, 0.29) is 12.0 Å². The van der Waals surface area contributed by atoms with Gasteiger partial charge in [0.2, 0.25) is 0 Å². The Kier molecular flexibility index (Phi) is 4.78. The van der Waals surface area contributed by atoms with Crippen LogP contribution < -0.4 is 9.47 Å². The monoisotopic (exact) mass is 418 g/mol. The summed E-state index contributed by atoms with van der Waals surface area (Å²) in [5, 5.41) is 15.8. The maximum absolute atomic E-state index is 10.3. The van der Waals surface area contributed by atoms with Gasteiger partial charge in [-0.05, 0) is 44.0 Å². The Balaban J connectivity index is 1.72. The number of hydrogen-bond acceptors (Lipinski definition) is 6. The highest BCUT2D eigenvalue weighted by Gasteiger charge is 2.35. The summed E-state index contributed by atoms with van der Waals surface area (Å²) in [7, 11) is 3.55. The minimum absolute atomic E-state index is 0.0422. The highest BCUT2D eigenvalue weighted by molar-refractivity contribution is 6.16. The number of fused-ring (bicyclic) bond motifs is 4. The number of aromatic nitrogens is 3. The predicted molar refractivity (Wildman–Crippen MR) is 119 cm³/mol. The lowest BCUT2D eigenvalue weighted by Gasteiger charge is -2.34. The van der Waals surface area contributed by atoms with Crippen molar-refractivity contribution in [3.8, 4) is 11.5 Å². The topological polar surface area (TPSA) is 81.8 Å². The molecule has 0 saturated carbocycles. The first-order valence-corrected chi connectivity index (χ1v) is 10.6. The molecular weight excluding hydrogens is 392 g/mol. The van der Waals surface area contributed by atoms with E-state index in [2.05, 4.69) is 22.2 Å². The first-order chi connectivity index (χ1) is 15.0. The molecule has 7 nitrogen and oxygen atoms in total. The fraction of sp³-hybridized carbons (Fsp3) is 0.375. The van der Waals surface area contributed by atoms with Crippen LogP contribution >= 0.6 is 0 Å². The minimum atomic E-state index is -0.473. The summed E-state index contributed by atoms with van der Waals surface area (Å²) in [4.78, 5) is 9.76. The molecule has 0 radical (unpaired) electrons. The van der Waals surface area contributed by atoms with Crippen LogP contribution in [0.25, 0.3) is 11.0 Å². The standard InChI is InChI=1S/C24H26N4O3/c1-5-31-22-10-17-18-9-15(29)6-7-20(18)26-23(19(17)11-21(22)30-4)14-8-16-13(2)27-28(3)24(16)25-12-14/h6-8,10-12,15,18,20,29H,5,9H2,1-4H3/t15-,18+,20+/m0/s1. The van der Waals surface area contributed by atoms with Gasteiger partial charge in [-0.1, -0.05) is 12.2 Å². The first-order valence-electron chi connectivity index (χ1n) is 10.6. The van der Waals surface area contributed by atoms with Gasteiger partial charge in [0.05, 0.1) is 37.3 Å². The number of benzene rings is 1. The number of aliphatic hydroxyl groups excluding tert-OH is 1. The molecule has 1 N–H and O–H groups in total. The summed E-state index contributed by atoms with van der Waals surface area (Å²) in [6.07, 6.45) is 5.86. The number of nitrogens with zero attached hydrogens (tertiary/aromatic N) is 4. The van der Waals surface area contributed by atoms with Crippen molar-refractivity contribution in [2.75, 3.05) is 13.7 Å². The zero-order valence-electron chi connectivity index (χ0n) is 18.2. The molecule has 3 aromatic rings. The van der Waals surface area contributed by atoms with Crippen LogP contribution in [0.1, 0.15) is 41.6 Å². The number of hydrogen-bond donors (Lipinski definition) is 1. The molecule has 1 aliphatic heterocycles. The van der Waals surface area contributed by atoms with Gasteiger partial charge >= 0.3 is 0 Å². The number of rotatable bonds is 4. The van der Waals surface area contributed by atoms with Crippen molar-refractivity contribution in [1.82, 2.24) is 14.8 Å². The van der Waals surface area contributed by atoms with E-state index in [1.807, 2.05) is 45.3 Å². The lowest BCUT2D eigenvalue weighted by Crippen LogP contribution is -2.31. The molecule has 31 heavy (non-hydrogen) atoms. The number of ether oxygens (including phenoxy) is 2. The van der Waals surface area contributed by atoms with Crippen LogP contribution in [-0.4, -0.2) is 51.4 Å². The van der Waals surface area contributed by atoms with E-state index >= 15 is 0 Å². The van der Waals surface area contributed by atoms with Crippen molar-refractivity contribution in [1.29, 1.82) is 0 Å². The molecule has 0 unspecified atom stereocenters. The summed E-state index contributed by atoms with van der Waals surface area (Å²) in [5.74, 6) is 1.47. The second-order valence-corrected chi connectivity index (χ2v) is 8.09. The van der Waals surface area contributed by atoms with E-state index in [1.165, 1.54) is 0 Å². The average Bonchev–Trinajstić information content (AvgIpc) is 3.06. The van der Waals surface area contributed by atoms with Gasteiger partial charge in [0, 0.05) is 35.7 Å². The van der Waals surface area contributed by atoms with Crippen LogP contribution in [0.15, 0.2) is 41.5 Å². The molecule has 3 heterocycles. The van der Waals surface area contributed by atoms with Crippen molar-refractivity contribution in [3.05, 3.63) is 58.9 Å². The molecule has 160 valence electrons. The van der Waals surface area contributed by atoms with Crippen molar-refractivity contribution in [3.63, 3.8) is 0 Å². The van der Waals surface area contributed by atoms with E-state index in [1.54, 1.807) is 11.8 Å². The fourth-order valence-electron chi connectivity index (χ4n) is 4.70. The predicted octanol–water partition coefficient (Wildman–Crippen LogP) is 3.31. The average molecular weight is 418 g/mol. The zero-order chi connectivity index (χ0) is 21.7. The van der Waals surface area contributed by atoms with Gasteiger partial charge < -0.3 is 14.6 Å². The van der Waals surface area contributed by atoms with Crippen LogP contribution in [0.5, 0.6) is 11.5 Å². The second-order valence-electron chi connectivity index (χ2n) is 8.09. The Labute approximate surface area is 181 Å². The highest BCUT2D eigenvalue weighted by Crippen LogP contribution is 2.43. The molecule has 2 aromatic heterocycles. The molecule has 0 spiro atoms. The molecule has 3 atom stereocenters. The summed E-state index contributed by atoms with van der Waals surface area (Å²) < 4.78 is 13.3. The Morgan fingerprint density at radius 1 is 1.19 bits per heavy atom.